The van der Waals surface area contributed by atoms with Crippen LogP contribution in [-0.4, -0.2) is 4.57 Å². The van der Waals surface area contributed by atoms with Gasteiger partial charge in [0.25, 0.3) is 0 Å². The largest absolute Gasteiger partial charge is 0.405 e. The van der Waals surface area contributed by atoms with Crippen LogP contribution in [0.2, 0.25) is 0 Å². The van der Waals surface area contributed by atoms with Crippen LogP contribution < -0.4 is 11.5 Å². The molecule has 0 aliphatic rings. The molecular formula is C43H41N3. The molecule has 0 aliphatic heterocycles. The summed E-state index contributed by atoms with van der Waals surface area (Å²) in [6.07, 6.45) is 15.7. The van der Waals surface area contributed by atoms with Crippen LogP contribution in [0.25, 0.3) is 55.3 Å². The highest BCUT2D eigenvalue weighted by Crippen LogP contribution is 2.37. The zero-order chi connectivity index (χ0) is 32.5. The van der Waals surface area contributed by atoms with E-state index >= 15 is 0 Å². The normalized spacial score (nSPS) is 12.2. The third-order valence-electron chi connectivity index (χ3n) is 8.22. The van der Waals surface area contributed by atoms with Gasteiger partial charge >= 0.3 is 0 Å². The molecule has 0 unspecified atom stereocenters. The smallest absolute Gasteiger partial charge is 0.0615 e. The third-order valence-corrected chi connectivity index (χ3v) is 8.22. The first-order valence-corrected chi connectivity index (χ1v) is 15.5. The van der Waals surface area contributed by atoms with Gasteiger partial charge in [-0.15, -0.1) is 0 Å². The molecular weight excluding hydrogens is 558 g/mol. The summed E-state index contributed by atoms with van der Waals surface area (Å²) in [7, 11) is 0. The maximum atomic E-state index is 5.49. The SMILES string of the molecule is C=C/C(=C\c1c(C)c2ccc3cc(-c4ccc5ccccc5c4)ccc3c2n1-c1ccccc1)C/C=C\C=C\N.C=C/C(C)=C\N. The predicted molar refractivity (Wildman–Crippen MR) is 202 cm³/mol. The van der Waals surface area contributed by atoms with E-state index in [2.05, 4.69) is 140 Å². The zero-order valence-electron chi connectivity index (χ0n) is 26.7. The number of aromatic nitrogens is 1. The first-order valence-electron chi connectivity index (χ1n) is 15.5. The van der Waals surface area contributed by atoms with Crippen LogP contribution in [-0.2, 0) is 0 Å². The molecule has 46 heavy (non-hydrogen) atoms. The Morgan fingerprint density at radius 1 is 0.717 bits per heavy atom. The lowest BCUT2D eigenvalue weighted by atomic mass is 9.97. The molecule has 1 heterocycles. The van der Waals surface area contributed by atoms with Crippen LogP contribution in [0.5, 0.6) is 0 Å². The van der Waals surface area contributed by atoms with Crippen LogP contribution in [0.15, 0.2) is 170 Å². The van der Waals surface area contributed by atoms with Crippen molar-refractivity contribution >= 4 is 38.5 Å². The van der Waals surface area contributed by atoms with Crippen LogP contribution >= 0.6 is 0 Å². The molecule has 6 rings (SSSR count). The quantitative estimate of drug-likeness (QED) is 0.171. The highest BCUT2D eigenvalue weighted by molar-refractivity contribution is 6.10. The van der Waals surface area contributed by atoms with E-state index in [1.54, 1.807) is 12.3 Å². The molecule has 4 N–H and O–H groups in total. The Kier molecular flexibility index (Phi) is 10.2. The number of aryl methyl sites for hydroxylation is 1. The molecule has 0 radical (unpaired) electrons. The van der Waals surface area contributed by atoms with Gasteiger partial charge in [0.05, 0.1) is 11.2 Å². The van der Waals surface area contributed by atoms with E-state index < -0.39 is 0 Å². The Balaban J connectivity index is 0.000000635. The number of para-hydroxylation sites is 1. The number of benzene rings is 5. The maximum Gasteiger partial charge on any atom is 0.0615 e. The minimum absolute atomic E-state index is 0.777. The van der Waals surface area contributed by atoms with E-state index in [-0.39, 0.29) is 0 Å². The molecule has 0 fully saturated rings. The van der Waals surface area contributed by atoms with Crippen LogP contribution in [0.4, 0.5) is 0 Å². The van der Waals surface area contributed by atoms with Gasteiger partial charge in [-0.1, -0.05) is 116 Å². The minimum atomic E-state index is 0.777. The average Bonchev–Trinajstić information content (AvgIpc) is 3.40. The van der Waals surface area contributed by atoms with Gasteiger partial charge in [-0.2, -0.15) is 0 Å². The Hall–Kier alpha value is -5.80. The summed E-state index contributed by atoms with van der Waals surface area (Å²) < 4.78 is 2.40. The van der Waals surface area contributed by atoms with Crippen molar-refractivity contribution in [3.05, 3.63) is 181 Å². The Morgan fingerprint density at radius 2 is 1.37 bits per heavy atom. The van der Waals surface area contributed by atoms with Crippen molar-refractivity contribution in [2.75, 3.05) is 0 Å². The van der Waals surface area contributed by atoms with E-state index in [4.69, 9.17) is 11.5 Å². The third kappa shape index (κ3) is 6.80. The fourth-order valence-corrected chi connectivity index (χ4v) is 5.64. The predicted octanol–water partition coefficient (Wildman–Crippen LogP) is 10.9. The fourth-order valence-electron chi connectivity index (χ4n) is 5.64. The van der Waals surface area contributed by atoms with Gasteiger partial charge in [-0.25, -0.2) is 0 Å². The van der Waals surface area contributed by atoms with E-state index in [1.807, 2.05) is 25.2 Å². The number of hydrogen-bond donors (Lipinski definition) is 2. The Labute approximate surface area is 272 Å². The molecule has 0 bridgehead atoms. The molecule has 5 aromatic carbocycles. The van der Waals surface area contributed by atoms with Crippen LogP contribution in [0.3, 0.4) is 0 Å². The van der Waals surface area contributed by atoms with Crippen molar-refractivity contribution < 1.29 is 0 Å². The number of hydrogen-bond acceptors (Lipinski definition) is 2. The van der Waals surface area contributed by atoms with E-state index in [1.165, 1.54) is 61.0 Å². The maximum absolute atomic E-state index is 5.49. The average molecular weight is 600 g/mol. The summed E-state index contributed by atoms with van der Waals surface area (Å²) in [5.41, 5.74) is 19.9. The number of nitrogens with two attached hydrogens (primary N) is 2. The molecule has 228 valence electrons. The van der Waals surface area contributed by atoms with Crippen LogP contribution in [0, 0.1) is 6.92 Å². The highest BCUT2D eigenvalue weighted by Gasteiger charge is 2.17. The number of rotatable bonds is 8. The second kappa shape index (κ2) is 14.8. The molecule has 0 aliphatic carbocycles. The summed E-state index contributed by atoms with van der Waals surface area (Å²) in [4.78, 5) is 0. The summed E-state index contributed by atoms with van der Waals surface area (Å²) in [6, 6.07) is 37.2. The lowest BCUT2D eigenvalue weighted by Crippen LogP contribution is -1.98. The summed E-state index contributed by atoms with van der Waals surface area (Å²) in [6.45, 7) is 11.7. The van der Waals surface area contributed by atoms with Gasteiger partial charge in [-0.3, -0.25) is 0 Å². The standard InChI is InChI=1S/C38H32N2.C5H9N/c1-3-28(12-6-5-11-23-39)24-37-27(2)35-21-20-33-26-32(31-18-17-29-13-9-10-14-30(29)25-31)19-22-36(33)38(35)40(37)34-15-7-4-8-16-34;1-3-5(2)4-6/h3-11,13-26H,1,12,39H2,2H3;3-4H,1,6H2,2H3/b6-5-,23-11+,28-24+;5-4-. The first kappa shape index (κ1) is 31.6. The van der Waals surface area contributed by atoms with Crippen molar-refractivity contribution in [1.82, 2.24) is 4.57 Å². The van der Waals surface area contributed by atoms with E-state index in [0.29, 0.717) is 0 Å². The van der Waals surface area contributed by atoms with Crippen molar-refractivity contribution in [3.8, 4) is 16.8 Å². The lowest BCUT2D eigenvalue weighted by Gasteiger charge is -2.13. The Morgan fingerprint density at radius 3 is 2.04 bits per heavy atom. The van der Waals surface area contributed by atoms with Gasteiger partial charge in [0, 0.05) is 16.5 Å². The second-order valence-corrected chi connectivity index (χ2v) is 11.2. The zero-order valence-corrected chi connectivity index (χ0v) is 26.7. The molecule has 0 saturated carbocycles. The van der Waals surface area contributed by atoms with Crippen molar-refractivity contribution in [1.29, 1.82) is 0 Å². The molecule has 0 atom stereocenters. The molecule has 0 amide bonds. The molecule has 0 saturated heterocycles. The van der Waals surface area contributed by atoms with E-state index in [9.17, 15) is 0 Å². The molecule has 0 spiro atoms. The Bertz CT molecular complexity index is 2140. The molecule has 1 aromatic heterocycles. The fraction of sp³-hybridized carbons (Fsp3) is 0.0698. The molecule has 3 heteroatoms. The summed E-state index contributed by atoms with van der Waals surface area (Å²) >= 11 is 0. The van der Waals surface area contributed by atoms with E-state index in [0.717, 1.165) is 23.3 Å². The van der Waals surface area contributed by atoms with Gasteiger partial charge < -0.3 is 16.0 Å². The van der Waals surface area contributed by atoms with Crippen molar-refractivity contribution in [2.45, 2.75) is 20.3 Å². The first-order chi connectivity index (χ1) is 22.5. The number of fused-ring (bicyclic) bond motifs is 4. The van der Waals surface area contributed by atoms with Gasteiger partial charge in [-0.05, 0) is 113 Å². The number of allylic oxidation sites excluding steroid dienone is 7. The summed E-state index contributed by atoms with van der Waals surface area (Å²) in [5.74, 6) is 0. The number of nitrogens with zero attached hydrogens (tertiary/aromatic N) is 1. The van der Waals surface area contributed by atoms with Crippen LogP contribution in [0.1, 0.15) is 24.6 Å². The van der Waals surface area contributed by atoms with Gasteiger partial charge in [0.15, 0.2) is 0 Å². The lowest BCUT2D eigenvalue weighted by molar-refractivity contribution is 1.10. The highest BCUT2D eigenvalue weighted by atomic mass is 15.0. The summed E-state index contributed by atoms with van der Waals surface area (Å²) in [5, 5.41) is 6.24. The molecule has 6 aromatic rings. The second-order valence-electron chi connectivity index (χ2n) is 11.2. The topological polar surface area (TPSA) is 57.0 Å². The minimum Gasteiger partial charge on any atom is -0.405 e. The van der Waals surface area contributed by atoms with Crippen molar-refractivity contribution in [3.63, 3.8) is 0 Å². The molecule has 3 nitrogen and oxygen atoms in total. The van der Waals surface area contributed by atoms with Gasteiger partial charge in [0.2, 0.25) is 0 Å². The van der Waals surface area contributed by atoms with Crippen molar-refractivity contribution in [2.24, 2.45) is 11.5 Å². The monoisotopic (exact) mass is 599 g/mol. The van der Waals surface area contributed by atoms with Gasteiger partial charge in [0.1, 0.15) is 0 Å².